The summed E-state index contributed by atoms with van der Waals surface area (Å²) >= 11 is 2.53. The van der Waals surface area contributed by atoms with Crippen molar-refractivity contribution in [3.63, 3.8) is 0 Å². The first-order valence-corrected chi connectivity index (χ1v) is 11.6. The van der Waals surface area contributed by atoms with E-state index in [2.05, 4.69) is 5.32 Å². The maximum absolute atomic E-state index is 12.6. The molecule has 1 N–H and O–H groups in total. The fourth-order valence-electron chi connectivity index (χ4n) is 2.34. The maximum Gasteiger partial charge on any atom is 0.407 e. The molecular formula is C16H24N2O5S3. The summed E-state index contributed by atoms with van der Waals surface area (Å²) < 4.78 is 32.0. The lowest BCUT2D eigenvalue weighted by atomic mass is 10.1. The van der Waals surface area contributed by atoms with Crippen molar-refractivity contribution in [2.24, 2.45) is 0 Å². The average Bonchev–Trinajstić information content (AvgIpc) is 3.06. The number of hydrogen-bond acceptors (Lipinski definition) is 7. The molecule has 1 fully saturated rings. The Morgan fingerprint density at radius 2 is 2.19 bits per heavy atom. The molecule has 0 saturated carbocycles. The topological polar surface area (TPSA) is 92.8 Å². The molecule has 0 bridgehead atoms. The Morgan fingerprint density at radius 1 is 1.46 bits per heavy atom. The van der Waals surface area contributed by atoms with Crippen LogP contribution in [0.4, 0.5) is 4.79 Å². The molecule has 1 aliphatic rings. The third-order valence-corrected chi connectivity index (χ3v) is 8.01. The van der Waals surface area contributed by atoms with Gasteiger partial charge in [0.15, 0.2) is 0 Å². The molecule has 0 spiro atoms. The molecule has 1 atom stereocenters. The highest BCUT2D eigenvalue weighted by Gasteiger charge is 2.35. The number of nitrogens with one attached hydrogen (secondary N) is 1. The van der Waals surface area contributed by atoms with Crippen LogP contribution in [0.25, 0.3) is 0 Å². The Bertz CT molecular complexity index is 726. The van der Waals surface area contributed by atoms with E-state index in [0.717, 1.165) is 0 Å². The molecule has 2 rings (SSSR count). The van der Waals surface area contributed by atoms with E-state index in [1.54, 1.807) is 38.3 Å². The number of alkyl carbamates (subject to hydrolysis) is 1. The fraction of sp³-hybridized carbons (Fsp3) is 0.625. The van der Waals surface area contributed by atoms with Gasteiger partial charge in [0.2, 0.25) is 0 Å². The summed E-state index contributed by atoms with van der Waals surface area (Å²) in [5, 5.41) is 3.94. The minimum absolute atomic E-state index is 0.0462. The number of sulfonamides is 1. The number of carbonyl (C=O) groups is 2. The van der Waals surface area contributed by atoms with Crippen LogP contribution in [-0.4, -0.2) is 60.8 Å². The van der Waals surface area contributed by atoms with Crippen LogP contribution in [0.15, 0.2) is 21.7 Å². The number of hydrogen-bond donors (Lipinski definition) is 1. The van der Waals surface area contributed by atoms with E-state index in [1.165, 1.54) is 27.4 Å². The summed E-state index contributed by atoms with van der Waals surface area (Å²) in [6, 6.07) is 3.27. The molecule has 1 saturated heterocycles. The van der Waals surface area contributed by atoms with Gasteiger partial charge >= 0.3 is 6.09 Å². The van der Waals surface area contributed by atoms with Crippen LogP contribution >= 0.6 is 23.1 Å². The second kappa shape index (κ2) is 8.73. The van der Waals surface area contributed by atoms with E-state index in [1.807, 2.05) is 0 Å². The van der Waals surface area contributed by atoms with Gasteiger partial charge in [-0.05, 0) is 32.2 Å². The number of ketones is 1. The molecular weight excluding hydrogens is 396 g/mol. The molecule has 1 aliphatic heterocycles. The molecule has 2 heterocycles. The highest BCUT2D eigenvalue weighted by atomic mass is 32.2. The lowest BCUT2D eigenvalue weighted by Crippen LogP contribution is -2.45. The second-order valence-electron chi connectivity index (χ2n) is 6.80. The minimum Gasteiger partial charge on any atom is -0.444 e. The average molecular weight is 421 g/mol. The molecule has 10 heteroatoms. The summed E-state index contributed by atoms with van der Waals surface area (Å²) in [6.07, 6.45) is -0.295. The zero-order valence-corrected chi connectivity index (χ0v) is 17.5. The third-order valence-electron chi connectivity index (χ3n) is 3.51. The van der Waals surface area contributed by atoms with Gasteiger partial charge in [0.05, 0.1) is 5.25 Å². The minimum atomic E-state index is -3.54. The van der Waals surface area contributed by atoms with Gasteiger partial charge in [-0.25, -0.2) is 13.2 Å². The quantitative estimate of drug-likeness (QED) is 0.710. The van der Waals surface area contributed by atoms with E-state index in [0.29, 0.717) is 16.5 Å². The monoisotopic (exact) mass is 420 g/mol. The summed E-state index contributed by atoms with van der Waals surface area (Å²) in [5.74, 6) is 0.549. The number of thioether (sulfide) groups is 1. The van der Waals surface area contributed by atoms with Gasteiger partial charge in [0, 0.05) is 31.8 Å². The number of carbonyl (C=O) groups excluding carboxylic acids is 2. The summed E-state index contributed by atoms with van der Waals surface area (Å²) in [4.78, 5) is 23.7. The Balaban J connectivity index is 1.84. The molecule has 26 heavy (non-hydrogen) atoms. The van der Waals surface area contributed by atoms with Gasteiger partial charge in [0.25, 0.3) is 10.0 Å². The summed E-state index contributed by atoms with van der Waals surface area (Å²) in [5.41, 5.74) is -0.562. The number of rotatable bonds is 6. The Morgan fingerprint density at radius 3 is 2.81 bits per heavy atom. The molecule has 1 aromatic heterocycles. The highest BCUT2D eigenvalue weighted by molar-refractivity contribution is 8.00. The van der Waals surface area contributed by atoms with Crippen molar-refractivity contribution < 1.29 is 22.7 Å². The number of thiophene rings is 1. The van der Waals surface area contributed by atoms with Gasteiger partial charge in [0.1, 0.15) is 15.6 Å². The van der Waals surface area contributed by atoms with E-state index in [-0.39, 0.29) is 25.3 Å². The first kappa shape index (κ1) is 21.2. The van der Waals surface area contributed by atoms with Crippen molar-refractivity contribution in [1.29, 1.82) is 0 Å². The first-order valence-electron chi connectivity index (χ1n) is 8.24. The lowest BCUT2D eigenvalue weighted by molar-refractivity contribution is -0.120. The van der Waals surface area contributed by atoms with Crippen molar-refractivity contribution in [3.8, 4) is 0 Å². The van der Waals surface area contributed by atoms with Crippen LogP contribution in [-0.2, 0) is 19.6 Å². The standard InChI is InChI=1S/C16H24N2O5S3/c1-16(2,3)23-15(20)17-7-10-24-13-11-18(8-6-12(13)19)26(21,22)14-5-4-9-25-14/h4-5,9,13H,6-8,10-11H2,1-3H3,(H,17,20). The molecule has 0 aliphatic carbocycles. The van der Waals surface area contributed by atoms with E-state index < -0.39 is 27.0 Å². The first-order chi connectivity index (χ1) is 12.1. The van der Waals surface area contributed by atoms with E-state index in [9.17, 15) is 18.0 Å². The van der Waals surface area contributed by atoms with E-state index in [4.69, 9.17) is 4.74 Å². The number of nitrogens with zero attached hydrogens (tertiary/aromatic N) is 1. The maximum atomic E-state index is 12.6. The normalized spacial score (nSPS) is 19.3. The number of amides is 1. The largest absolute Gasteiger partial charge is 0.444 e. The van der Waals surface area contributed by atoms with Crippen molar-refractivity contribution in [2.75, 3.05) is 25.4 Å². The number of ether oxygens (including phenoxy) is 1. The van der Waals surface area contributed by atoms with Crippen LogP contribution in [0.5, 0.6) is 0 Å². The van der Waals surface area contributed by atoms with Crippen LogP contribution < -0.4 is 5.32 Å². The smallest absolute Gasteiger partial charge is 0.407 e. The van der Waals surface area contributed by atoms with Crippen molar-refractivity contribution in [2.45, 2.75) is 42.3 Å². The van der Waals surface area contributed by atoms with Gasteiger partial charge in [-0.2, -0.15) is 4.31 Å². The van der Waals surface area contributed by atoms with Gasteiger partial charge < -0.3 is 10.1 Å². The predicted octanol–water partition coefficient (Wildman–Crippen LogP) is 2.34. The molecule has 7 nitrogen and oxygen atoms in total. The van der Waals surface area contributed by atoms with Crippen molar-refractivity contribution >= 4 is 45.0 Å². The van der Waals surface area contributed by atoms with Gasteiger partial charge in [-0.15, -0.1) is 23.1 Å². The predicted molar refractivity (Wildman–Crippen MR) is 103 cm³/mol. The molecule has 1 aromatic rings. The lowest BCUT2D eigenvalue weighted by Gasteiger charge is -2.30. The molecule has 0 aromatic carbocycles. The second-order valence-corrected chi connectivity index (χ2v) is 11.2. The Hall–Kier alpha value is -1.10. The zero-order chi connectivity index (χ0) is 19.4. The highest BCUT2D eigenvalue weighted by Crippen LogP contribution is 2.27. The van der Waals surface area contributed by atoms with Gasteiger partial charge in [-0.3, -0.25) is 4.79 Å². The molecule has 146 valence electrons. The van der Waals surface area contributed by atoms with Crippen molar-refractivity contribution in [1.82, 2.24) is 9.62 Å². The number of Topliss-reactive ketones (excluding diaryl/α,β-unsaturated/α-hetero) is 1. The van der Waals surface area contributed by atoms with Crippen LogP contribution in [0.1, 0.15) is 27.2 Å². The third kappa shape index (κ3) is 5.97. The summed E-state index contributed by atoms with van der Waals surface area (Å²) in [7, 11) is -3.54. The fourth-order valence-corrected chi connectivity index (χ4v) is 6.13. The van der Waals surface area contributed by atoms with Crippen LogP contribution in [0.3, 0.4) is 0 Å². The zero-order valence-electron chi connectivity index (χ0n) is 15.1. The Labute approximate surface area is 162 Å². The Kier molecular flexibility index (Phi) is 7.12. The van der Waals surface area contributed by atoms with Crippen molar-refractivity contribution in [3.05, 3.63) is 17.5 Å². The molecule has 1 unspecified atom stereocenters. The summed E-state index contributed by atoms with van der Waals surface area (Å²) in [6.45, 7) is 6.07. The molecule has 1 amide bonds. The SMILES string of the molecule is CC(C)(C)OC(=O)NCCSC1CN(S(=O)(=O)c2cccs2)CCC1=O. The van der Waals surface area contributed by atoms with Crippen LogP contribution in [0.2, 0.25) is 0 Å². The molecule has 0 radical (unpaired) electrons. The van der Waals surface area contributed by atoms with Crippen LogP contribution in [0, 0.1) is 0 Å². The van der Waals surface area contributed by atoms with Gasteiger partial charge in [-0.1, -0.05) is 6.07 Å². The number of piperidine rings is 1. The van der Waals surface area contributed by atoms with E-state index >= 15 is 0 Å².